The van der Waals surface area contributed by atoms with Gasteiger partial charge >= 0.3 is 0 Å². The van der Waals surface area contributed by atoms with Crippen molar-refractivity contribution in [3.63, 3.8) is 0 Å². The van der Waals surface area contributed by atoms with Gasteiger partial charge in [-0.3, -0.25) is 0 Å². The molecular formula is C15H29NO2. The van der Waals surface area contributed by atoms with Crippen molar-refractivity contribution in [3.8, 4) is 0 Å². The summed E-state index contributed by atoms with van der Waals surface area (Å²) in [5, 5.41) is 11.3. The monoisotopic (exact) mass is 255 g/mol. The minimum Gasteiger partial charge on any atom is -0.389 e. The molecule has 1 aliphatic heterocycles. The van der Waals surface area contributed by atoms with E-state index in [-0.39, 0.29) is 5.41 Å². The van der Waals surface area contributed by atoms with Crippen LogP contribution in [0.2, 0.25) is 0 Å². The van der Waals surface area contributed by atoms with Crippen LogP contribution in [0, 0.1) is 16.7 Å². The lowest BCUT2D eigenvalue weighted by Gasteiger charge is -2.56. The lowest BCUT2D eigenvalue weighted by molar-refractivity contribution is -0.194. The molecule has 3 atom stereocenters. The van der Waals surface area contributed by atoms with E-state index in [0.29, 0.717) is 24.5 Å². The van der Waals surface area contributed by atoms with Gasteiger partial charge in [0.1, 0.15) is 0 Å². The second-order valence-electron chi connectivity index (χ2n) is 7.33. The summed E-state index contributed by atoms with van der Waals surface area (Å²) in [6.07, 6.45) is 5.04. The molecule has 3 unspecified atom stereocenters. The van der Waals surface area contributed by atoms with E-state index in [0.717, 1.165) is 38.7 Å². The quantitative estimate of drug-likeness (QED) is 0.796. The molecule has 0 radical (unpaired) electrons. The number of nitrogens with two attached hydrogens (primary N) is 1. The van der Waals surface area contributed by atoms with E-state index in [1.165, 1.54) is 0 Å². The maximum Gasteiger partial charge on any atom is 0.0763 e. The first-order valence-electron chi connectivity index (χ1n) is 7.35. The van der Waals surface area contributed by atoms with Crippen LogP contribution in [-0.4, -0.2) is 30.5 Å². The summed E-state index contributed by atoms with van der Waals surface area (Å²) < 4.78 is 5.66. The molecule has 0 bridgehead atoms. The van der Waals surface area contributed by atoms with E-state index in [4.69, 9.17) is 10.5 Å². The molecule has 2 rings (SSSR count). The van der Waals surface area contributed by atoms with Crippen LogP contribution < -0.4 is 5.73 Å². The molecule has 106 valence electrons. The Morgan fingerprint density at radius 1 is 1.28 bits per heavy atom. The van der Waals surface area contributed by atoms with Crippen molar-refractivity contribution in [2.75, 3.05) is 19.8 Å². The van der Waals surface area contributed by atoms with E-state index in [1.807, 2.05) is 0 Å². The highest BCUT2D eigenvalue weighted by molar-refractivity contribution is 5.07. The van der Waals surface area contributed by atoms with Gasteiger partial charge in [-0.05, 0) is 43.4 Å². The van der Waals surface area contributed by atoms with Crippen LogP contribution in [-0.2, 0) is 4.74 Å². The SMILES string of the molecule is CC1CC(C)(C)CCC1(O)C1(CN)CCCOC1. The smallest absolute Gasteiger partial charge is 0.0763 e. The van der Waals surface area contributed by atoms with Crippen LogP contribution >= 0.6 is 0 Å². The highest BCUT2D eigenvalue weighted by atomic mass is 16.5. The van der Waals surface area contributed by atoms with Crippen LogP contribution in [0.4, 0.5) is 0 Å². The molecule has 0 amide bonds. The van der Waals surface area contributed by atoms with Crippen molar-refractivity contribution in [1.29, 1.82) is 0 Å². The third-order valence-electron chi connectivity index (χ3n) is 5.49. The van der Waals surface area contributed by atoms with E-state index < -0.39 is 5.60 Å². The van der Waals surface area contributed by atoms with E-state index in [2.05, 4.69) is 20.8 Å². The Bertz CT molecular complexity index is 297. The Labute approximate surface area is 111 Å². The van der Waals surface area contributed by atoms with Gasteiger partial charge in [-0.1, -0.05) is 20.8 Å². The fourth-order valence-corrected chi connectivity index (χ4v) is 4.19. The molecule has 2 aliphatic rings. The first kappa shape index (κ1) is 14.3. The fourth-order valence-electron chi connectivity index (χ4n) is 4.19. The largest absolute Gasteiger partial charge is 0.389 e. The molecule has 1 saturated heterocycles. The molecule has 1 saturated carbocycles. The van der Waals surface area contributed by atoms with Gasteiger partial charge < -0.3 is 15.6 Å². The summed E-state index contributed by atoms with van der Waals surface area (Å²) in [4.78, 5) is 0. The Balaban J connectivity index is 2.23. The summed E-state index contributed by atoms with van der Waals surface area (Å²) in [6, 6.07) is 0. The van der Waals surface area contributed by atoms with Crippen molar-refractivity contribution in [3.05, 3.63) is 0 Å². The lowest BCUT2D eigenvalue weighted by Crippen LogP contribution is -2.62. The maximum atomic E-state index is 11.3. The minimum absolute atomic E-state index is 0.221. The average molecular weight is 255 g/mol. The molecule has 0 spiro atoms. The summed E-state index contributed by atoms with van der Waals surface area (Å²) in [6.45, 7) is 8.77. The Morgan fingerprint density at radius 3 is 2.50 bits per heavy atom. The van der Waals surface area contributed by atoms with Gasteiger partial charge in [0.25, 0.3) is 0 Å². The second-order valence-corrected chi connectivity index (χ2v) is 7.33. The van der Waals surface area contributed by atoms with Crippen LogP contribution in [0.1, 0.15) is 52.9 Å². The molecule has 0 aromatic heterocycles. The zero-order valence-electron chi connectivity index (χ0n) is 12.2. The molecule has 0 aromatic rings. The van der Waals surface area contributed by atoms with Gasteiger partial charge in [0.2, 0.25) is 0 Å². The number of rotatable bonds is 2. The van der Waals surface area contributed by atoms with Crippen molar-refractivity contribution in [1.82, 2.24) is 0 Å². The van der Waals surface area contributed by atoms with Gasteiger partial charge in [-0.2, -0.15) is 0 Å². The Hall–Kier alpha value is -0.120. The Morgan fingerprint density at radius 2 is 2.00 bits per heavy atom. The summed E-state index contributed by atoms with van der Waals surface area (Å²) in [5.41, 5.74) is 5.53. The molecule has 0 aromatic carbocycles. The van der Waals surface area contributed by atoms with Crippen LogP contribution in [0.3, 0.4) is 0 Å². The summed E-state index contributed by atoms with van der Waals surface area (Å²) in [7, 11) is 0. The lowest BCUT2D eigenvalue weighted by atomic mass is 9.54. The van der Waals surface area contributed by atoms with E-state index in [9.17, 15) is 5.11 Å². The predicted molar refractivity (Wildman–Crippen MR) is 73.3 cm³/mol. The van der Waals surface area contributed by atoms with E-state index in [1.54, 1.807) is 0 Å². The molecule has 1 aliphatic carbocycles. The highest BCUT2D eigenvalue weighted by Gasteiger charge is 2.56. The third kappa shape index (κ3) is 2.21. The molecular weight excluding hydrogens is 226 g/mol. The van der Waals surface area contributed by atoms with Crippen LogP contribution in [0.15, 0.2) is 0 Å². The second kappa shape index (κ2) is 4.77. The standard InChI is InChI=1S/C15H29NO2/c1-12-9-13(2,3)6-7-15(12,17)14(10-16)5-4-8-18-11-14/h12,17H,4-11,16H2,1-3H3. The number of hydrogen-bond donors (Lipinski definition) is 2. The van der Waals surface area contributed by atoms with Gasteiger partial charge in [0.05, 0.1) is 12.2 Å². The number of aliphatic hydroxyl groups is 1. The first-order valence-corrected chi connectivity index (χ1v) is 7.35. The van der Waals surface area contributed by atoms with Crippen molar-refractivity contribution in [2.45, 2.75) is 58.5 Å². The fraction of sp³-hybridized carbons (Fsp3) is 1.00. The van der Waals surface area contributed by atoms with Gasteiger partial charge in [0, 0.05) is 18.6 Å². The topological polar surface area (TPSA) is 55.5 Å². The molecule has 3 nitrogen and oxygen atoms in total. The molecule has 2 fully saturated rings. The van der Waals surface area contributed by atoms with Crippen molar-refractivity contribution >= 4 is 0 Å². The minimum atomic E-state index is -0.641. The highest BCUT2D eigenvalue weighted by Crippen LogP contribution is 2.53. The zero-order valence-corrected chi connectivity index (χ0v) is 12.2. The van der Waals surface area contributed by atoms with Gasteiger partial charge in [-0.25, -0.2) is 0 Å². The van der Waals surface area contributed by atoms with Crippen molar-refractivity contribution in [2.24, 2.45) is 22.5 Å². The molecule has 1 heterocycles. The number of ether oxygens (including phenoxy) is 1. The normalized spacial score (nSPS) is 44.8. The summed E-state index contributed by atoms with van der Waals surface area (Å²) in [5.74, 6) is 0.298. The number of hydrogen-bond acceptors (Lipinski definition) is 3. The average Bonchev–Trinajstić information content (AvgIpc) is 2.35. The van der Waals surface area contributed by atoms with Crippen LogP contribution in [0.25, 0.3) is 0 Å². The molecule has 3 heteroatoms. The first-order chi connectivity index (χ1) is 8.35. The van der Waals surface area contributed by atoms with E-state index >= 15 is 0 Å². The van der Waals surface area contributed by atoms with Crippen molar-refractivity contribution < 1.29 is 9.84 Å². The molecule has 3 N–H and O–H groups in total. The zero-order chi connectivity index (χ0) is 13.4. The molecule has 18 heavy (non-hydrogen) atoms. The van der Waals surface area contributed by atoms with Gasteiger partial charge in [0.15, 0.2) is 0 Å². The Kier molecular flexibility index (Phi) is 3.79. The van der Waals surface area contributed by atoms with Crippen LogP contribution in [0.5, 0.6) is 0 Å². The predicted octanol–water partition coefficient (Wildman–Crippen LogP) is 2.32. The van der Waals surface area contributed by atoms with Gasteiger partial charge in [-0.15, -0.1) is 0 Å². The summed E-state index contributed by atoms with van der Waals surface area (Å²) >= 11 is 0. The maximum absolute atomic E-state index is 11.3. The third-order valence-corrected chi connectivity index (χ3v) is 5.49.